The molecule has 0 saturated carbocycles. The Hall–Kier alpha value is -3.75. The van der Waals surface area contributed by atoms with E-state index in [1.165, 1.54) is 6.07 Å². The minimum absolute atomic E-state index is 0.0674. The summed E-state index contributed by atoms with van der Waals surface area (Å²) in [6.07, 6.45) is -17.8. The van der Waals surface area contributed by atoms with Crippen molar-refractivity contribution in [2.75, 3.05) is 13.2 Å². The zero-order valence-electron chi connectivity index (χ0n) is 22.4. The molecule has 17 nitrogen and oxygen atoms in total. The average molecular weight is 627 g/mol. The number of aliphatic hydroxyl groups is 8. The van der Waals surface area contributed by atoms with Gasteiger partial charge in [0, 0.05) is 17.7 Å². The molecule has 0 radical (unpaired) electrons. The first kappa shape index (κ1) is 31.7. The lowest BCUT2D eigenvalue weighted by atomic mass is 9.99. The van der Waals surface area contributed by atoms with E-state index in [0.717, 1.165) is 24.3 Å². The van der Waals surface area contributed by atoms with E-state index in [1.54, 1.807) is 0 Å². The Morgan fingerprint density at radius 1 is 0.659 bits per heavy atom. The maximum Gasteiger partial charge on any atom is 0.229 e. The second kappa shape index (κ2) is 12.3. The van der Waals surface area contributed by atoms with Crippen LogP contribution in [0.4, 0.5) is 0 Å². The SMILES string of the molecule is O=c1cc(-c2ccc(O)c(O)c2)oc2c(O[C@@H]3O[C@H](CO)[C@@H](O)[C@H](O)[C@@H]3O)c(O[C@@H]3O[C@H](CO)[C@H](O)[C@H](O)[C@H]3O)cc(O)c12. The number of hydrogen-bond acceptors (Lipinski definition) is 17. The molecule has 3 aromatic rings. The van der Waals surface area contributed by atoms with Crippen LogP contribution < -0.4 is 14.9 Å². The predicted molar refractivity (Wildman–Crippen MR) is 142 cm³/mol. The third-order valence-corrected chi connectivity index (χ3v) is 7.34. The number of aromatic hydroxyl groups is 3. The lowest BCUT2D eigenvalue weighted by Gasteiger charge is -2.40. The van der Waals surface area contributed by atoms with E-state index in [1.807, 2.05) is 0 Å². The molecular formula is C27H30O17. The first-order chi connectivity index (χ1) is 20.9. The predicted octanol–water partition coefficient (Wildman–Crippen LogP) is -3.07. The molecule has 2 fully saturated rings. The highest BCUT2D eigenvalue weighted by molar-refractivity contribution is 5.91. The van der Waals surface area contributed by atoms with Crippen LogP contribution in [0.25, 0.3) is 22.3 Å². The maximum atomic E-state index is 13.2. The number of phenols is 3. The number of hydrogen-bond donors (Lipinski definition) is 11. The molecule has 0 aliphatic carbocycles. The van der Waals surface area contributed by atoms with Gasteiger partial charge in [-0.3, -0.25) is 4.79 Å². The zero-order valence-corrected chi connectivity index (χ0v) is 22.4. The molecule has 0 amide bonds. The first-order valence-electron chi connectivity index (χ1n) is 13.2. The lowest BCUT2D eigenvalue weighted by Crippen LogP contribution is -2.60. The van der Waals surface area contributed by atoms with E-state index in [9.17, 15) is 61.0 Å². The Kier molecular flexibility index (Phi) is 8.87. The van der Waals surface area contributed by atoms with Crippen LogP contribution in [0.2, 0.25) is 0 Å². The Morgan fingerprint density at radius 2 is 1.23 bits per heavy atom. The summed E-state index contributed by atoms with van der Waals surface area (Å²) in [7, 11) is 0. The largest absolute Gasteiger partial charge is 0.507 e. The van der Waals surface area contributed by atoms with E-state index in [-0.39, 0.29) is 11.3 Å². The fraction of sp³-hybridized carbons (Fsp3) is 0.444. The normalized spacial score (nSPS) is 32.5. The van der Waals surface area contributed by atoms with E-state index in [0.29, 0.717) is 0 Å². The van der Waals surface area contributed by atoms with Gasteiger partial charge >= 0.3 is 0 Å². The highest BCUT2D eigenvalue weighted by Gasteiger charge is 2.47. The van der Waals surface area contributed by atoms with E-state index < -0.39 is 120 Å². The van der Waals surface area contributed by atoms with Crippen LogP contribution in [0.5, 0.6) is 28.7 Å². The molecule has 3 heterocycles. The summed E-state index contributed by atoms with van der Waals surface area (Å²) in [6.45, 7) is -1.63. The summed E-state index contributed by atoms with van der Waals surface area (Å²) < 4.78 is 28.1. The number of aliphatic hydroxyl groups excluding tert-OH is 8. The summed E-state index contributed by atoms with van der Waals surface area (Å²) in [5, 5.41) is 111. The maximum absolute atomic E-state index is 13.2. The van der Waals surface area contributed by atoms with Crippen molar-refractivity contribution in [3.05, 3.63) is 40.6 Å². The van der Waals surface area contributed by atoms with Crippen LogP contribution in [0.1, 0.15) is 0 Å². The topological polar surface area (TPSA) is 290 Å². The minimum Gasteiger partial charge on any atom is -0.507 e. The number of fused-ring (bicyclic) bond motifs is 1. The number of phenolic OH excluding ortho intramolecular Hbond substituents is 3. The quantitative estimate of drug-likeness (QED) is 0.116. The fourth-order valence-corrected chi connectivity index (χ4v) is 4.86. The minimum atomic E-state index is -1.97. The van der Waals surface area contributed by atoms with Crippen molar-refractivity contribution in [3.8, 4) is 40.1 Å². The molecule has 0 unspecified atom stereocenters. The van der Waals surface area contributed by atoms with E-state index in [2.05, 4.69) is 0 Å². The van der Waals surface area contributed by atoms with Gasteiger partial charge in [0.2, 0.25) is 18.3 Å². The Morgan fingerprint density at radius 3 is 1.77 bits per heavy atom. The number of ether oxygens (including phenoxy) is 4. The highest BCUT2D eigenvalue weighted by atomic mass is 16.7. The summed E-state index contributed by atoms with van der Waals surface area (Å²) in [6, 6.07) is 5.23. The Bertz CT molecular complexity index is 1550. The van der Waals surface area contributed by atoms with Gasteiger partial charge in [0.15, 0.2) is 28.3 Å². The standard InChI is InChI=1S/C27H30O17/c28-6-15-18(34)20(36)22(38)26(42-15)41-14-5-12(33)17-11(32)4-13(8-1-2-9(30)10(31)3-8)40-25(17)24(14)44-27-23(39)21(37)19(35)16(7-29)43-27/h1-5,15-16,18-23,26-31,33-39H,6-7H2/t15-,16-,18+,19-,20+,21+,22-,23+,26-,27+/m1/s1. The molecule has 240 valence electrons. The molecule has 0 bridgehead atoms. The fourth-order valence-electron chi connectivity index (χ4n) is 4.86. The van der Waals surface area contributed by atoms with Gasteiger partial charge in [0.05, 0.1) is 13.2 Å². The van der Waals surface area contributed by atoms with Gasteiger partial charge < -0.3 is 79.5 Å². The third kappa shape index (κ3) is 5.61. The van der Waals surface area contributed by atoms with Crippen molar-refractivity contribution < 1.29 is 79.5 Å². The smallest absolute Gasteiger partial charge is 0.229 e. The molecular weight excluding hydrogens is 596 g/mol. The first-order valence-corrected chi connectivity index (χ1v) is 13.2. The Labute approximate surface area is 246 Å². The molecule has 10 atom stereocenters. The number of rotatable bonds is 7. The van der Waals surface area contributed by atoms with Gasteiger partial charge in [0.1, 0.15) is 65.7 Å². The van der Waals surface area contributed by atoms with Crippen LogP contribution in [0, 0.1) is 0 Å². The molecule has 2 aromatic carbocycles. The van der Waals surface area contributed by atoms with Crippen molar-refractivity contribution in [3.63, 3.8) is 0 Å². The summed E-state index contributed by atoms with van der Waals surface area (Å²) in [4.78, 5) is 13.2. The van der Waals surface area contributed by atoms with Crippen molar-refractivity contribution in [2.45, 2.75) is 61.4 Å². The second-order valence-corrected chi connectivity index (χ2v) is 10.2. The highest BCUT2D eigenvalue weighted by Crippen LogP contribution is 2.44. The third-order valence-electron chi connectivity index (χ3n) is 7.34. The van der Waals surface area contributed by atoms with Crippen molar-refractivity contribution >= 4 is 11.0 Å². The van der Waals surface area contributed by atoms with Crippen LogP contribution in [0.15, 0.2) is 39.5 Å². The Balaban J connectivity index is 1.67. The van der Waals surface area contributed by atoms with Crippen LogP contribution in [-0.4, -0.2) is 131 Å². The van der Waals surface area contributed by atoms with E-state index >= 15 is 0 Å². The molecule has 11 N–H and O–H groups in total. The van der Waals surface area contributed by atoms with Gasteiger partial charge in [-0.15, -0.1) is 0 Å². The summed E-state index contributed by atoms with van der Waals surface area (Å²) >= 11 is 0. The summed E-state index contributed by atoms with van der Waals surface area (Å²) in [5.41, 5.74) is -1.36. The van der Waals surface area contributed by atoms with E-state index in [4.69, 9.17) is 23.4 Å². The number of benzene rings is 2. The molecule has 44 heavy (non-hydrogen) atoms. The van der Waals surface area contributed by atoms with Gasteiger partial charge in [-0.25, -0.2) is 0 Å². The lowest BCUT2D eigenvalue weighted by molar-refractivity contribution is -0.282. The van der Waals surface area contributed by atoms with Gasteiger partial charge in [0.25, 0.3) is 0 Å². The van der Waals surface area contributed by atoms with Crippen LogP contribution in [-0.2, 0) is 9.47 Å². The van der Waals surface area contributed by atoms with Crippen molar-refractivity contribution in [1.29, 1.82) is 0 Å². The molecule has 0 spiro atoms. The molecule has 5 rings (SSSR count). The van der Waals surface area contributed by atoms with Crippen LogP contribution in [0.3, 0.4) is 0 Å². The van der Waals surface area contributed by atoms with Gasteiger partial charge in [-0.2, -0.15) is 0 Å². The van der Waals surface area contributed by atoms with Crippen molar-refractivity contribution in [2.24, 2.45) is 0 Å². The van der Waals surface area contributed by atoms with Crippen LogP contribution >= 0.6 is 0 Å². The second-order valence-electron chi connectivity index (χ2n) is 10.2. The van der Waals surface area contributed by atoms with Gasteiger partial charge in [-0.1, -0.05) is 0 Å². The molecule has 1 aromatic heterocycles. The van der Waals surface area contributed by atoms with Gasteiger partial charge in [-0.05, 0) is 18.2 Å². The average Bonchev–Trinajstić information content (AvgIpc) is 3.00. The molecule has 2 aliphatic heterocycles. The monoisotopic (exact) mass is 626 g/mol. The zero-order chi connectivity index (χ0) is 32.0. The molecule has 17 heteroatoms. The molecule has 2 aliphatic rings. The van der Waals surface area contributed by atoms with Crippen molar-refractivity contribution in [1.82, 2.24) is 0 Å². The molecule has 2 saturated heterocycles. The summed E-state index contributed by atoms with van der Waals surface area (Å²) in [5.74, 6) is -3.23.